The van der Waals surface area contributed by atoms with Gasteiger partial charge in [0.1, 0.15) is 0 Å². The van der Waals surface area contributed by atoms with Crippen LogP contribution in [0.4, 0.5) is 34.1 Å². The van der Waals surface area contributed by atoms with Gasteiger partial charge in [-0.2, -0.15) is 0 Å². The van der Waals surface area contributed by atoms with Gasteiger partial charge in [-0.3, -0.25) is 0 Å². The number of nitrogens with zero attached hydrogens (tertiary/aromatic N) is 2. The zero-order valence-corrected chi connectivity index (χ0v) is 41.1. The predicted molar refractivity (Wildman–Crippen MR) is 277 cm³/mol. The molecule has 0 radical (unpaired) electrons. The Balaban J connectivity index is 1.36. The van der Waals surface area contributed by atoms with E-state index in [1.165, 1.54) is 117 Å². The molecular weight excluding hydrogens is 780 g/mol. The van der Waals surface area contributed by atoms with Crippen molar-refractivity contribution >= 4 is 78.0 Å². The molecule has 0 spiro atoms. The number of hydrogen-bond donors (Lipinski definition) is 0. The van der Waals surface area contributed by atoms with Gasteiger partial charge in [0.25, 0.3) is 6.71 Å². The maximum Gasteiger partial charge on any atom is 0.264 e. The van der Waals surface area contributed by atoms with Crippen LogP contribution in [0.25, 0.3) is 21.2 Å². The molecule has 2 aliphatic heterocycles. The SMILES string of the molecule is Cc1ccccc1-c1cc2c3c(c1)N(c1ccc4c(c1)C(C)(C)CCC4(C)C)c1c(sc4ccc(C(C)(C)C)cc14)B3c1cc(C(C)(C)C)ccc1N2c1ccc(C(C)(C)C)cc1. The number of aryl methyl sites for hydroxylation is 1. The molecule has 2 nitrogen and oxygen atoms in total. The number of anilines is 6. The lowest BCUT2D eigenvalue weighted by atomic mass is 9.36. The molecule has 1 aliphatic carbocycles. The standard InChI is InChI=1S/C59H65BN2S/c1-36-17-15-16-18-43(36)37-31-49-52-50(32-37)62(42-25-26-45-46(35-42)59(13,14)30-29-58(45,11)12)53-44-33-39(56(5,6)7)22-28-51(44)63-54(53)60(52)47-34-40(57(8,9)10)21-27-48(47)61(49)41-23-19-38(20-24-41)55(2,3)4/h15-28,31-35H,29-30H2,1-14H3. The largest absolute Gasteiger partial charge is 0.311 e. The Morgan fingerprint density at radius 3 is 1.76 bits per heavy atom. The summed E-state index contributed by atoms with van der Waals surface area (Å²) in [6.07, 6.45) is 2.37. The molecule has 3 heterocycles. The first-order chi connectivity index (χ1) is 29.5. The van der Waals surface area contributed by atoms with Gasteiger partial charge in [-0.05, 0) is 157 Å². The van der Waals surface area contributed by atoms with Crippen LogP contribution in [0.2, 0.25) is 0 Å². The fourth-order valence-electron chi connectivity index (χ4n) is 10.8. The number of fused-ring (bicyclic) bond motifs is 7. The summed E-state index contributed by atoms with van der Waals surface area (Å²) in [6, 6.07) is 45.6. The van der Waals surface area contributed by atoms with Crippen molar-refractivity contribution in [2.75, 3.05) is 9.80 Å². The van der Waals surface area contributed by atoms with Crippen molar-refractivity contribution in [1.29, 1.82) is 0 Å². The van der Waals surface area contributed by atoms with Crippen LogP contribution < -0.4 is 25.5 Å². The summed E-state index contributed by atoms with van der Waals surface area (Å²) in [5, 5.41) is 1.35. The first-order valence-electron chi connectivity index (χ1n) is 23.3. The predicted octanol–water partition coefficient (Wildman–Crippen LogP) is 15.2. The lowest BCUT2D eigenvalue weighted by Gasteiger charge is -2.45. The second-order valence-electron chi connectivity index (χ2n) is 23.4. The molecule has 3 aliphatic rings. The number of benzene rings is 6. The molecule has 63 heavy (non-hydrogen) atoms. The van der Waals surface area contributed by atoms with E-state index in [-0.39, 0.29) is 33.8 Å². The highest BCUT2D eigenvalue weighted by atomic mass is 32.1. The molecule has 0 unspecified atom stereocenters. The van der Waals surface area contributed by atoms with Crippen LogP contribution in [0.15, 0.2) is 115 Å². The molecule has 10 rings (SSSR count). The minimum atomic E-state index is -0.0129. The summed E-state index contributed by atoms with van der Waals surface area (Å²) in [5.41, 5.74) is 21.5. The van der Waals surface area contributed by atoms with Gasteiger partial charge in [0.05, 0.1) is 5.69 Å². The van der Waals surface area contributed by atoms with Crippen LogP contribution in [0.3, 0.4) is 0 Å². The molecule has 0 saturated heterocycles. The Morgan fingerprint density at radius 2 is 1.11 bits per heavy atom. The van der Waals surface area contributed by atoms with Crippen molar-refractivity contribution in [2.45, 2.75) is 137 Å². The topological polar surface area (TPSA) is 6.48 Å². The van der Waals surface area contributed by atoms with Crippen molar-refractivity contribution in [1.82, 2.24) is 0 Å². The average Bonchev–Trinajstić information content (AvgIpc) is 3.60. The number of hydrogen-bond acceptors (Lipinski definition) is 3. The molecule has 7 aromatic rings. The fourth-order valence-corrected chi connectivity index (χ4v) is 12.1. The van der Waals surface area contributed by atoms with Crippen LogP contribution in [-0.4, -0.2) is 6.71 Å². The fraction of sp³-hybridized carbons (Fsp3) is 0.356. The third kappa shape index (κ3) is 6.72. The lowest BCUT2D eigenvalue weighted by Crippen LogP contribution is -2.60. The molecule has 0 saturated carbocycles. The highest BCUT2D eigenvalue weighted by Gasteiger charge is 2.47. The van der Waals surface area contributed by atoms with E-state index in [2.05, 4.69) is 222 Å². The number of rotatable bonds is 3. The normalized spacial score (nSPS) is 16.4. The summed E-state index contributed by atoms with van der Waals surface area (Å²) in [7, 11) is 0. The van der Waals surface area contributed by atoms with Crippen molar-refractivity contribution in [3.05, 3.63) is 149 Å². The highest BCUT2D eigenvalue weighted by Crippen LogP contribution is 2.53. The molecular formula is C59H65BN2S. The summed E-state index contributed by atoms with van der Waals surface area (Å²) in [6.45, 7) is 33.2. The molecule has 4 heteroatoms. The lowest BCUT2D eigenvalue weighted by molar-refractivity contribution is 0.332. The smallest absolute Gasteiger partial charge is 0.264 e. The summed E-state index contributed by atoms with van der Waals surface area (Å²) in [4.78, 5) is 5.30. The van der Waals surface area contributed by atoms with Crippen LogP contribution in [-0.2, 0) is 27.1 Å². The molecule has 0 N–H and O–H groups in total. The Labute approximate surface area is 382 Å². The average molecular weight is 845 g/mol. The van der Waals surface area contributed by atoms with Gasteiger partial charge in [0, 0.05) is 43.3 Å². The molecule has 0 amide bonds. The van der Waals surface area contributed by atoms with E-state index in [9.17, 15) is 0 Å². The van der Waals surface area contributed by atoms with Crippen molar-refractivity contribution < 1.29 is 0 Å². The number of thiophene rings is 1. The van der Waals surface area contributed by atoms with Gasteiger partial charge in [-0.1, -0.05) is 151 Å². The van der Waals surface area contributed by atoms with Crippen LogP contribution in [0, 0.1) is 6.92 Å². The first kappa shape index (κ1) is 41.9. The van der Waals surface area contributed by atoms with E-state index >= 15 is 0 Å². The van der Waals surface area contributed by atoms with Gasteiger partial charge >= 0.3 is 0 Å². The van der Waals surface area contributed by atoms with Crippen molar-refractivity contribution in [3.8, 4) is 11.1 Å². The summed E-state index contributed by atoms with van der Waals surface area (Å²) in [5.74, 6) is 0. The molecule has 0 atom stereocenters. The van der Waals surface area contributed by atoms with Crippen LogP contribution in [0.5, 0.6) is 0 Å². The molecule has 320 valence electrons. The van der Waals surface area contributed by atoms with E-state index in [1.54, 1.807) is 0 Å². The quantitative estimate of drug-likeness (QED) is 0.164. The third-order valence-corrected chi connectivity index (χ3v) is 16.2. The highest BCUT2D eigenvalue weighted by molar-refractivity contribution is 7.33. The van der Waals surface area contributed by atoms with Crippen molar-refractivity contribution in [3.63, 3.8) is 0 Å². The van der Waals surface area contributed by atoms with Crippen LogP contribution in [0.1, 0.15) is 136 Å². The Kier molecular flexibility index (Phi) is 9.30. The second kappa shape index (κ2) is 14.0. The first-order valence-corrected chi connectivity index (χ1v) is 24.2. The molecule has 6 aromatic carbocycles. The Morgan fingerprint density at radius 1 is 0.540 bits per heavy atom. The Bertz CT molecular complexity index is 2980. The van der Waals surface area contributed by atoms with E-state index in [1.807, 2.05) is 11.3 Å². The summed E-state index contributed by atoms with van der Waals surface area (Å²) < 4.78 is 2.78. The van der Waals surface area contributed by atoms with Gasteiger partial charge < -0.3 is 9.80 Å². The van der Waals surface area contributed by atoms with E-state index in [4.69, 9.17) is 0 Å². The second-order valence-corrected chi connectivity index (χ2v) is 24.5. The van der Waals surface area contributed by atoms with E-state index in [0.29, 0.717) is 0 Å². The maximum absolute atomic E-state index is 2.70. The van der Waals surface area contributed by atoms with E-state index < -0.39 is 0 Å². The minimum Gasteiger partial charge on any atom is -0.311 e. The monoisotopic (exact) mass is 844 g/mol. The molecule has 0 fully saturated rings. The van der Waals surface area contributed by atoms with Crippen LogP contribution >= 0.6 is 11.3 Å². The molecule has 0 bridgehead atoms. The Hall–Kier alpha value is -5.06. The zero-order valence-electron chi connectivity index (χ0n) is 40.3. The van der Waals surface area contributed by atoms with Gasteiger partial charge in [-0.15, -0.1) is 11.3 Å². The zero-order chi connectivity index (χ0) is 44.8. The summed E-state index contributed by atoms with van der Waals surface area (Å²) >= 11 is 2.01. The molecule has 1 aromatic heterocycles. The third-order valence-electron chi connectivity index (χ3n) is 14.9. The van der Waals surface area contributed by atoms with Gasteiger partial charge in [0.15, 0.2) is 0 Å². The van der Waals surface area contributed by atoms with Crippen molar-refractivity contribution in [2.24, 2.45) is 0 Å². The van der Waals surface area contributed by atoms with Gasteiger partial charge in [-0.25, -0.2) is 0 Å². The van der Waals surface area contributed by atoms with E-state index in [0.717, 1.165) is 0 Å². The minimum absolute atomic E-state index is 0.00903. The maximum atomic E-state index is 2.70. The van der Waals surface area contributed by atoms with Gasteiger partial charge in [0.2, 0.25) is 0 Å².